The van der Waals surface area contributed by atoms with Crippen LogP contribution in [0, 0.1) is 0 Å². The molecule has 1 saturated heterocycles. The summed E-state index contributed by atoms with van der Waals surface area (Å²) in [7, 11) is 0. The molecule has 0 bridgehead atoms. The number of thioether (sulfide) groups is 1. The number of hydrogen-bond acceptors (Lipinski definition) is 4. The van der Waals surface area contributed by atoms with Gasteiger partial charge in [0, 0.05) is 36.3 Å². The molecule has 1 aliphatic heterocycles. The zero-order valence-corrected chi connectivity index (χ0v) is 17.8. The Morgan fingerprint density at radius 2 is 2.00 bits per heavy atom. The number of rotatable bonds is 7. The van der Waals surface area contributed by atoms with Crippen LogP contribution >= 0.6 is 11.8 Å². The number of morpholine rings is 1. The first-order valence-corrected chi connectivity index (χ1v) is 10.8. The molecule has 2 aromatic carbocycles. The maximum Gasteiger partial charge on any atom is 0.252 e. The van der Waals surface area contributed by atoms with Gasteiger partial charge in [0.2, 0.25) is 0 Å². The lowest BCUT2D eigenvalue weighted by molar-refractivity contribution is -0.0212. The van der Waals surface area contributed by atoms with Crippen molar-refractivity contribution in [3.05, 3.63) is 65.2 Å². The van der Waals surface area contributed by atoms with Crippen molar-refractivity contribution in [1.29, 1.82) is 0 Å². The lowest BCUT2D eigenvalue weighted by Gasteiger charge is -2.31. The van der Waals surface area contributed by atoms with E-state index in [4.69, 9.17) is 4.74 Å². The summed E-state index contributed by atoms with van der Waals surface area (Å²) in [5.74, 6) is -0.0174. The number of carbonyl (C=O) groups excluding carboxylic acids is 1. The van der Waals surface area contributed by atoms with Crippen molar-refractivity contribution in [2.24, 2.45) is 0 Å². The molecule has 0 saturated carbocycles. The summed E-state index contributed by atoms with van der Waals surface area (Å²) >= 11 is 1.72. The van der Waals surface area contributed by atoms with Crippen LogP contribution in [0.2, 0.25) is 0 Å². The zero-order chi connectivity index (χ0) is 19.9. The third-order valence-corrected chi connectivity index (χ3v) is 5.75. The summed E-state index contributed by atoms with van der Waals surface area (Å²) in [4.78, 5) is 16.2. The van der Waals surface area contributed by atoms with Gasteiger partial charge in [0.25, 0.3) is 5.91 Å². The van der Waals surface area contributed by atoms with Crippen LogP contribution in [0.5, 0.6) is 0 Å². The molecule has 1 unspecified atom stereocenters. The Kier molecular flexibility index (Phi) is 7.54. The Morgan fingerprint density at radius 3 is 2.79 bits per heavy atom. The van der Waals surface area contributed by atoms with Crippen molar-refractivity contribution < 1.29 is 9.53 Å². The second-order valence-electron chi connectivity index (χ2n) is 7.58. The molecule has 1 amide bonds. The summed E-state index contributed by atoms with van der Waals surface area (Å²) in [5.41, 5.74) is 3.15. The molecule has 28 heavy (non-hydrogen) atoms. The van der Waals surface area contributed by atoms with Gasteiger partial charge in [-0.25, -0.2) is 0 Å². The minimum absolute atomic E-state index is 0.0174. The average Bonchev–Trinajstić information content (AvgIpc) is 2.66. The molecule has 1 heterocycles. The van der Waals surface area contributed by atoms with E-state index in [0.717, 1.165) is 42.3 Å². The summed E-state index contributed by atoms with van der Waals surface area (Å²) in [6.07, 6.45) is 0.292. The highest BCUT2D eigenvalue weighted by Crippen LogP contribution is 2.26. The van der Waals surface area contributed by atoms with E-state index < -0.39 is 0 Å². The molecule has 0 aliphatic carbocycles. The molecular formula is C23H30N2O2S. The van der Waals surface area contributed by atoms with E-state index in [9.17, 15) is 4.79 Å². The summed E-state index contributed by atoms with van der Waals surface area (Å²) in [5, 5.41) is 3.52. The summed E-state index contributed by atoms with van der Waals surface area (Å²) in [6.45, 7) is 10.6. The van der Waals surface area contributed by atoms with Gasteiger partial charge in [0.15, 0.2) is 0 Å². The van der Waals surface area contributed by atoms with E-state index >= 15 is 0 Å². The van der Waals surface area contributed by atoms with Gasteiger partial charge in [-0.05, 0) is 30.2 Å². The highest BCUT2D eigenvalue weighted by Gasteiger charge is 2.17. The van der Waals surface area contributed by atoms with Crippen LogP contribution in [0.1, 0.15) is 42.3 Å². The number of nitrogens with zero attached hydrogens (tertiary/aromatic N) is 1. The Balaban J connectivity index is 1.60. The Morgan fingerprint density at radius 1 is 1.21 bits per heavy atom. The molecule has 1 N–H and O–H groups in total. The SMILES string of the molecule is CC1CN(Cc2cccc(CNC(=O)c3ccccc3SC(C)C)c2)CCO1. The number of amides is 1. The molecular weight excluding hydrogens is 368 g/mol. The van der Waals surface area contributed by atoms with E-state index in [1.54, 1.807) is 11.8 Å². The van der Waals surface area contributed by atoms with Crippen molar-refractivity contribution in [3.8, 4) is 0 Å². The highest BCUT2D eigenvalue weighted by molar-refractivity contribution is 8.00. The molecule has 3 rings (SSSR count). The molecule has 0 radical (unpaired) electrons. The van der Waals surface area contributed by atoms with E-state index in [1.807, 2.05) is 24.3 Å². The smallest absolute Gasteiger partial charge is 0.252 e. The fraction of sp³-hybridized carbons (Fsp3) is 0.435. The van der Waals surface area contributed by atoms with Crippen LogP contribution in [-0.2, 0) is 17.8 Å². The quantitative estimate of drug-likeness (QED) is 0.705. The number of benzene rings is 2. The molecule has 1 atom stereocenters. The molecule has 1 aliphatic rings. The topological polar surface area (TPSA) is 41.6 Å². The second kappa shape index (κ2) is 10.1. The maximum atomic E-state index is 12.7. The molecule has 4 nitrogen and oxygen atoms in total. The fourth-order valence-electron chi connectivity index (χ4n) is 3.42. The molecule has 1 fully saturated rings. The molecule has 150 valence electrons. The number of ether oxygens (including phenoxy) is 1. The van der Waals surface area contributed by atoms with Crippen molar-refractivity contribution in [2.75, 3.05) is 19.7 Å². The van der Waals surface area contributed by atoms with E-state index in [0.29, 0.717) is 17.9 Å². The van der Waals surface area contributed by atoms with Gasteiger partial charge in [0.05, 0.1) is 18.3 Å². The minimum atomic E-state index is -0.0174. The third-order valence-electron chi connectivity index (χ3n) is 4.67. The van der Waals surface area contributed by atoms with Crippen LogP contribution in [0.25, 0.3) is 0 Å². The van der Waals surface area contributed by atoms with Crippen LogP contribution < -0.4 is 5.32 Å². The second-order valence-corrected chi connectivity index (χ2v) is 9.20. The monoisotopic (exact) mass is 398 g/mol. The van der Waals surface area contributed by atoms with Crippen molar-refractivity contribution in [1.82, 2.24) is 10.2 Å². The van der Waals surface area contributed by atoms with Crippen molar-refractivity contribution in [2.45, 2.75) is 50.1 Å². The zero-order valence-electron chi connectivity index (χ0n) is 17.0. The van der Waals surface area contributed by atoms with E-state index in [-0.39, 0.29) is 5.91 Å². The lowest BCUT2D eigenvalue weighted by atomic mass is 10.1. The number of nitrogens with one attached hydrogen (secondary N) is 1. The maximum absolute atomic E-state index is 12.7. The van der Waals surface area contributed by atoms with Crippen molar-refractivity contribution >= 4 is 17.7 Å². The van der Waals surface area contributed by atoms with Crippen LogP contribution in [-0.4, -0.2) is 41.9 Å². The predicted octanol–water partition coefficient (Wildman–Crippen LogP) is 4.34. The van der Waals surface area contributed by atoms with Gasteiger partial charge in [-0.1, -0.05) is 50.2 Å². The normalized spacial score (nSPS) is 17.6. The molecule has 0 aromatic heterocycles. The highest BCUT2D eigenvalue weighted by atomic mass is 32.2. The standard InChI is InChI=1S/C23H30N2O2S/c1-17(2)28-22-10-5-4-9-21(22)23(26)24-14-19-7-6-8-20(13-19)16-25-11-12-27-18(3)15-25/h4-10,13,17-18H,11-12,14-16H2,1-3H3,(H,24,26). The van der Waals surface area contributed by atoms with Gasteiger partial charge in [-0.2, -0.15) is 0 Å². The minimum Gasteiger partial charge on any atom is -0.376 e. The Hall–Kier alpha value is -1.82. The number of carbonyl (C=O) groups is 1. The molecule has 5 heteroatoms. The van der Waals surface area contributed by atoms with E-state index in [1.165, 1.54) is 5.56 Å². The average molecular weight is 399 g/mol. The van der Waals surface area contributed by atoms with Crippen LogP contribution in [0.3, 0.4) is 0 Å². The van der Waals surface area contributed by atoms with Gasteiger partial charge in [-0.3, -0.25) is 9.69 Å². The molecule has 0 spiro atoms. The Labute approximate surface area is 172 Å². The van der Waals surface area contributed by atoms with Crippen molar-refractivity contribution in [3.63, 3.8) is 0 Å². The van der Waals surface area contributed by atoms with E-state index in [2.05, 4.69) is 55.3 Å². The van der Waals surface area contributed by atoms with Gasteiger partial charge >= 0.3 is 0 Å². The van der Waals surface area contributed by atoms with Gasteiger partial charge in [-0.15, -0.1) is 11.8 Å². The number of hydrogen-bond donors (Lipinski definition) is 1. The first-order valence-electron chi connectivity index (χ1n) is 9.97. The fourth-order valence-corrected chi connectivity index (χ4v) is 4.37. The first-order chi connectivity index (χ1) is 13.5. The van der Waals surface area contributed by atoms with Crippen LogP contribution in [0.4, 0.5) is 0 Å². The van der Waals surface area contributed by atoms with Crippen LogP contribution in [0.15, 0.2) is 53.4 Å². The largest absolute Gasteiger partial charge is 0.376 e. The molecule has 2 aromatic rings. The third kappa shape index (κ3) is 6.09. The lowest BCUT2D eigenvalue weighted by Crippen LogP contribution is -2.40. The Bertz CT molecular complexity index is 794. The first kappa shape index (κ1) is 20.9. The summed E-state index contributed by atoms with van der Waals surface area (Å²) < 4.78 is 5.62. The van der Waals surface area contributed by atoms with Gasteiger partial charge in [0.1, 0.15) is 0 Å². The predicted molar refractivity (Wildman–Crippen MR) is 116 cm³/mol. The summed E-state index contributed by atoms with van der Waals surface area (Å²) in [6, 6.07) is 16.3. The van der Waals surface area contributed by atoms with Gasteiger partial charge < -0.3 is 10.1 Å².